The summed E-state index contributed by atoms with van der Waals surface area (Å²) < 4.78 is 10.5. The second kappa shape index (κ2) is 9.46. The molecule has 1 saturated carbocycles. The second-order valence-electron chi connectivity index (χ2n) is 7.82. The first-order chi connectivity index (χ1) is 12.3. The van der Waals surface area contributed by atoms with E-state index in [-0.39, 0.29) is 18.7 Å². The number of hydrogen-bond donors (Lipinski definition) is 2. The fourth-order valence-corrected chi connectivity index (χ4v) is 3.08. The van der Waals surface area contributed by atoms with E-state index >= 15 is 0 Å². The highest BCUT2D eigenvalue weighted by molar-refractivity contribution is 5.68. The Morgan fingerprint density at radius 1 is 1.12 bits per heavy atom. The van der Waals surface area contributed by atoms with E-state index in [1.807, 2.05) is 51.1 Å². The van der Waals surface area contributed by atoms with E-state index in [1.165, 1.54) is 0 Å². The summed E-state index contributed by atoms with van der Waals surface area (Å²) in [4.78, 5) is 23.7. The number of carbonyl (C=O) groups excluding carboxylic acids is 2. The summed E-state index contributed by atoms with van der Waals surface area (Å²) >= 11 is 0. The molecule has 0 bridgehead atoms. The minimum atomic E-state index is -0.498. The van der Waals surface area contributed by atoms with Gasteiger partial charge in [0.25, 0.3) is 0 Å². The van der Waals surface area contributed by atoms with Gasteiger partial charge in [-0.25, -0.2) is 9.59 Å². The monoisotopic (exact) mass is 362 g/mol. The summed E-state index contributed by atoms with van der Waals surface area (Å²) in [5.74, 6) is 0.327. The number of amides is 2. The molecule has 2 amide bonds. The van der Waals surface area contributed by atoms with Crippen molar-refractivity contribution in [3.05, 3.63) is 35.9 Å². The number of hydrogen-bond acceptors (Lipinski definition) is 4. The molecule has 0 aliphatic heterocycles. The van der Waals surface area contributed by atoms with Gasteiger partial charge in [-0.2, -0.15) is 0 Å². The smallest absolute Gasteiger partial charge is 0.407 e. The van der Waals surface area contributed by atoms with Crippen LogP contribution >= 0.6 is 0 Å². The zero-order chi connectivity index (χ0) is 19.0. The van der Waals surface area contributed by atoms with Gasteiger partial charge < -0.3 is 20.1 Å². The lowest BCUT2D eigenvalue weighted by molar-refractivity contribution is 0.0483. The summed E-state index contributed by atoms with van der Waals surface area (Å²) in [6.45, 7) is 6.37. The Morgan fingerprint density at radius 3 is 2.54 bits per heavy atom. The van der Waals surface area contributed by atoms with Crippen molar-refractivity contribution >= 4 is 12.2 Å². The lowest BCUT2D eigenvalue weighted by Gasteiger charge is -2.30. The summed E-state index contributed by atoms with van der Waals surface area (Å²) in [7, 11) is 0. The standard InChI is InChI=1S/C20H30N2O4/c1-20(2,3)26-19(24)22-17-11-7-10-16(12-17)13-21-18(23)25-14-15-8-5-4-6-9-15/h4-6,8-9,16-17H,7,10-14H2,1-3H3,(H,21,23)(H,22,24). The molecule has 144 valence electrons. The van der Waals surface area contributed by atoms with E-state index in [1.54, 1.807) is 0 Å². The zero-order valence-electron chi connectivity index (χ0n) is 15.9. The van der Waals surface area contributed by atoms with E-state index in [9.17, 15) is 9.59 Å². The maximum atomic E-state index is 11.9. The fraction of sp³-hybridized carbons (Fsp3) is 0.600. The van der Waals surface area contributed by atoms with Crippen LogP contribution in [0.5, 0.6) is 0 Å². The molecule has 6 nitrogen and oxygen atoms in total. The summed E-state index contributed by atoms with van der Waals surface area (Å²) in [6, 6.07) is 9.68. The topological polar surface area (TPSA) is 76.7 Å². The first kappa shape index (κ1) is 20.1. The predicted octanol–water partition coefficient (Wildman–Crippen LogP) is 4.00. The van der Waals surface area contributed by atoms with Crippen LogP contribution in [0.15, 0.2) is 30.3 Å². The third-order valence-electron chi connectivity index (χ3n) is 4.25. The van der Waals surface area contributed by atoms with Crippen LogP contribution in [0.4, 0.5) is 9.59 Å². The number of benzene rings is 1. The molecule has 0 heterocycles. The van der Waals surface area contributed by atoms with Crippen molar-refractivity contribution in [2.24, 2.45) is 5.92 Å². The van der Waals surface area contributed by atoms with Gasteiger partial charge in [0.05, 0.1) is 0 Å². The Balaban J connectivity index is 1.67. The first-order valence-corrected chi connectivity index (χ1v) is 9.26. The second-order valence-corrected chi connectivity index (χ2v) is 7.82. The third kappa shape index (κ3) is 7.76. The van der Waals surface area contributed by atoms with Gasteiger partial charge in [-0.15, -0.1) is 0 Å². The van der Waals surface area contributed by atoms with Gasteiger partial charge in [0.2, 0.25) is 0 Å². The number of ether oxygens (including phenoxy) is 2. The van der Waals surface area contributed by atoms with Crippen molar-refractivity contribution in [3.8, 4) is 0 Å². The Morgan fingerprint density at radius 2 is 1.85 bits per heavy atom. The predicted molar refractivity (Wildman–Crippen MR) is 99.7 cm³/mol. The molecule has 0 aromatic heterocycles. The van der Waals surface area contributed by atoms with Crippen LogP contribution in [0.25, 0.3) is 0 Å². The van der Waals surface area contributed by atoms with Gasteiger partial charge in [0.15, 0.2) is 0 Å². The average molecular weight is 362 g/mol. The molecular weight excluding hydrogens is 332 g/mol. The van der Waals surface area contributed by atoms with Crippen molar-refractivity contribution in [2.75, 3.05) is 6.54 Å². The van der Waals surface area contributed by atoms with Crippen LogP contribution in [0.3, 0.4) is 0 Å². The van der Waals surface area contributed by atoms with Gasteiger partial charge in [0.1, 0.15) is 12.2 Å². The van der Waals surface area contributed by atoms with Crippen LogP contribution in [0.1, 0.15) is 52.0 Å². The molecular formula is C20H30N2O4. The fourth-order valence-electron chi connectivity index (χ4n) is 3.08. The van der Waals surface area contributed by atoms with E-state index in [2.05, 4.69) is 10.6 Å². The quantitative estimate of drug-likeness (QED) is 0.830. The molecule has 1 aromatic rings. The van der Waals surface area contributed by atoms with Crippen molar-refractivity contribution in [2.45, 2.75) is 64.7 Å². The van der Waals surface area contributed by atoms with Crippen molar-refractivity contribution < 1.29 is 19.1 Å². The first-order valence-electron chi connectivity index (χ1n) is 9.26. The Kier molecular flexibility index (Phi) is 7.30. The van der Waals surface area contributed by atoms with E-state index in [0.717, 1.165) is 31.2 Å². The highest BCUT2D eigenvalue weighted by Crippen LogP contribution is 2.24. The van der Waals surface area contributed by atoms with Crippen LogP contribution in [0.2, 0.25) is 0 Å². The SMILES string of the molecule is CC(C)(C)OC(=O)NC1CCCC(CNC(=O)OCc2ccccc2)C1. The van der Waals surface area contributed by atoms with Crippen molar-refractivity contribution in [1.29, 1.82) is 0 Å². The van der Waals surface area contributed by atoms with Crippen molar-refractivity contribution in [3.63, 3.8) is 0 Å². The summed E-state index contributed by atoms with van der Waals surface area (Å²) in [6.07, 6.45) is 3.04. The molecule has 2 rings (SSSR count). The molecule has 1 aromatic carbocycles. The van der Waals surface area contributed by atoms with Crippen molar-refractivity contribution in [1.82, 2.24) is 10.6 Å². The number of carbonyl (C=O) groups is 2. The van der Waals surface area contributed by atoms with Gasteiger partial charge in [-0.05, 0) is 51.5 Å². The number of nitrogens with one attached hydrogen (secondary N) is 2. The van der Waals surface area contributed by atoms with Gasteiger partial charge in [0, 0.05) is 12.6 Å². The molecule has 1 aliphatic carbocycles. The van der Waals surface area contributed by atoms with Crippen LogP contribution in [-0.4, -0.2) is 30.4 Å². The maximum Gasteiger partial charge on any atom is 0.407 e. The minimum absolute atomic E-state index is 0.0886. The van der Waals surface area contributed by atoms with Gasteiger partial charge in [-0.3, -0.25) is 0 Å². The highest BCUT2D eigenvalue weighted by Gasteiger charge is 2.25. The molecule has 2 atom stereocenters. The van der Waals surface area contributed by atoms with Crippen LogP contribution < -0.4 is 10.6 Å². The van der Waals surface area contributed by atoms with E-state index in [4.69, 9.17) is 9.47 Å². The molecule has 0 radical (unpaired) electrons. The number of rotatable bonds is 5. The Labute approximate surface area is 155 Å². The molecule has 2 N–H and O–H groups in total. The molecule has 0 saturated heterocycles. The maximum absolute atomic E-state index is 11.9. The van der Waals surface area contributed by atoms with Gasteiger partial charge >= 0.3 is 12.2 Å². The molecule has 1 fully saturated rings. The van der Waals surface area contributed by atoms with Gasteiger partial charge in [-0.1, -0.05) is 36.8 Å². The summed E-state index contributed by atoms with van der Waals surface area (Å²) in [5, 5.41) is 5.76. The summed E-state index contributed by atoms with van der Waals surface area (Å²) in [5.41, 5.74) is 0.462. The Hall–Kier alpha value is -2.24. The van der Waals surface area contributed by atoms with Crippen LogP contribution in [-0.2, 0) is 16.1 Å². The largest absolute Gasteiger partial charge is 0.445 e. The molecule has 2 unspecified atom stereocenters. The lowest BCUT2D eigenvalue weighted by Crippen LogP contribution is -2.43. The molecule has 26 heavy (non-hydrogen) atoms. The zero-order valence-corrected chi connectivity index (χ0v) is 15.9. The molecule has 6 heteroatoms. The number of alkyl carbamates (subject to hydrolysis) is 2. The minimum Gasteiger partial charge on any atom is -0.445 e. The van der Waals surface area contributed by atoms with E-state index < -0.39 is 11.7 Å². The molecule has 0 spiro atoms. The highest BCUT2D eigenvalue weighted by atomic mass is 16.6. The third-order valence-corrected chi connectivity index (χ3v) is 4.25. The average Bonchev–Trinajstić information content (AvgIpc) is 2.57. The molecule has 1 aliphatic rings. The normalized spacial score (nSPS) is 20.1. The van der Waals surface area contributed by atoms with E-state index in [0.29, 0.717) is 12.5 Å². The Bertz CT molecular complexity index is 583. The van der Waals surface area contributed by atoms with Crippen LogP contribution in [0, 0.1) is 5.92 Å². The lowest BCUT2D eigenvalue weighted by atomic mass is 9.86.